The molecule has 0 saturated carbocycles. The second kappa shape index (κ2) is 4.10. The van der Waals surface area contributed by atoms with E-state index in [0.717, 1.165) is 36.4 Å². The van der Waals surface area contributed by atoms with E-state index in [0.29, 0.717) is 6.54 Å². The summed E-state index contributed by atoms with van der Waals surface area (Å²) in [6, 6.07) is 7.95. The molecule has 1 aromatic carbocycles. The molecule has 5 nitrogen and oxygen atoms in total. The summed E-state index contributed by atoms with van der Waals surface area (Å²) in [4.78, 5) is 20.7. The zero-order valence-corrected chi connectivity index (χ0v) is 10.3. The predicted octanol–water partition coefficient (Wildman–Crippen LogP) is 0.840. The van der Waals surface area contributed by atoms with Gasteiger partial charge >= 0.3 is 0 Å². The highest BCUT2D eigenvalue weighted by molar-refractivity contribution is 5.75. The Morgan fingerprint density at radius 2 is 2.28 bits per heavy atom. The Morgan fingerprint density at radius 1 is 1.44 bits per heavy atom. The molecule has 1 amide bonds. The van der Waals surface area contributed by atoms with Gasteiger partial charge in [0.2, 0.25) is 6.41 Å². The van der Waals surface area contributed by atoms with Gasteiger partial charge in [0.25, 0.3) is 0 Å². The van der Waals surface area contributed by atoms with Gasteiger partial charge < -0.3 is 15.2 Å². The van der Waals surface area contributed by atoms with Crippen molar-refractivity contribution in [3.63, 3.8) is 0 Å². The quantitative estimate of drug-likeness (QED) is 0.770. The maximum atomic E-state index is 10.9. The molecule has 0 aliphatic carbocycles. The van der Waals surface area contributed by atoms with Crippen molar-refractivity contribution >= 4 is 17.4 Å². The zero-order chi connectivity index (χ0) is 12.6. The molecule has 0 spiro atoms. The first-order chi connectivity index (χ1) is 8.71. The molecule has 1 fully saturated rings. The molecular weight excluding hydrogens is 228 g/mol. The first-order valence-electron chi connectivity index (χ1n) is 6.11. The van der Waals surface area contributed by atoms with Gasteiger partial charge in [-0.3, -0.25) is 4.79 Å². The third-order valence-corrected chi connectivity index (χ3v) is 3.49. The number of H-pyrrole nitrogens is 1. The monoisotopic (exact) mass is 244 g/mol. The van der Waals surface area contributed by atoms with E-state index >= 15 is 0 Å². The Morgan fingerprint density at radius 3 is 3.06 bits per heavy atom. The van der Waals surface area contributed by atoms with Crippen molar-refractivity contribution in [1.82, 2.24) is 20.2 Å². The molecule has 1 aromatic heterocycles. The highest BCUT2D eigenvalue weighted by Crippen LogP contribution is 2.23. The van der Waals surface area contributed by atoms with E-state index in [4.69, 9.17) is 0 Å². The van der Waals surface area contributed by atoms with Crippen LogP contribution in [-0.4, -0.2) is 40.9 Å². The summed E-state index contributed by atoms with van der Waals surface area (Å²) in [5.74, 6) is 0.884. The summed E-state index contributed by atoms with van der Waals surface area (Å²) in [6.07, 6.45) is 0.905. The number of fused-ring (bicyclic) bond motifs is 1. The van der Waals surface area contributed by atoms with Crippen LogP contribution in [0.4, 0.5) is 0 Å². The topological polar surface area (TPSA) is 61.0 Å². The lowest BCUT2D eigenvalue weighted by molar-refractivity contribution is -0.120. The average Bonchev–Trinajstić information content (AvgIpc) is 2.83. The molecule has 3 rings (SSSR count). The number of nitrogens with one attached hydrogen (secondary N) is 2. The lowest BCUT2D eigenvalue weighted by Gasteiger charge is -2.38. The highest BCUT2D eigenvalue weighted by Gasteiger charge is 2.34. The van der Waals surface area contributed by atoms with Gasteiger partial charge in [0.1, 0.15) is 5.82 Å². The van der Waals surface area contributed by atoms with Gasteiger partial charge in [-0.15, -0.1) is 0 Å². The number of amides is 1. The Hall–Kier alpha value is -1.88. The zero-order valence-electron chi connectivity index (χ0n) is 10.3. The fraction of sp³-hybridized carbons (Fsp3) is 0.385. The van der Waals surface area contributed by atoms with E-state index in [9.17, 15) is 4.79 Å². The largest absolute Gasteiger partial charge is 0.342 e. The van der Waals surface area contributed by atoms with Crippen LogP contribution in [-0.2, 0) is 10.3 Å². The molecule has 1 aliphatic heterocycles. The van der Waals surface area contributed by atoms with Crippen molar-refractivity contribution in [3.05, 3.63) is 30.1 Å². The summed E-state index contributed by atoms with van der Waals surface area (Å²) >= 11 is 0. The van der Waals surface area contributed by atoms with Crippen LogP contribution < -0.4 is 5.32 Å². The minimum atomic E-state index is -0.307. The van der Waals surface area contributed by atoms with Crippen LogP contribution in [0.5, 0.6) is 0 Å². The van der Waals surface area contributed by atoms with E-state index in [1.54, 1.807) is 4.90 Å². The van der Waals surface area contributed by atoms with Crippen LogP contribution in [0.25, 0.3) is 11.0 Å². The maximum absolute atomic E-state index is 10.9. The van der Waals surface area contributed by atoms with Gasteiger partial charge in [0, 0.05) is 19.6 Å². The molecule has 1 aliphatic rings. The number of para-hydroxylation sites is 2. The molecule has 0 bridgehead atoms. The van der Waals surface area contributed by atoms with Crippen molar-refractivity contribution in [3.8, 4) is 0 Å². The molecule has 18 heavy (non-hydrogen) atoms. The second-order valence-corrected chi connectivity index (χ2v) is 4.94. The van der Waals surface area contributed by atoms with Gasteiger partial charge in [-0.1, -0.05) is 12.1 Å². The Bertz CT molecular complexity index is 546. The van der Waals surface area contributed by atoms with Crippen LogP contribution in [0.1, 0.15) is 12.7 Å². The average molecular weight is 244 g/mol. The number of aromatic amines is 1. The Balaban J connectivity index is 1.99. The minimum absolute atomic E-state index is 0.307. The van der Waals surface area contributed by atoms with Crippen LogP contribution >= 0.6 is 0 Å². The Labute approximate surface area is 105 Å². The van der Waals surface area contributed by atoms with Gasteiger partial charge in [-0.2, -0.15) is 0 Å². The van der Waals surface area contributed by atoms with Crippen LogP contribution in [0, 0.1) is 0 Å². The molecule has 2 aromatic rings. The number of benzene rings is 1. The van der Waals surface area contributed by atoms with E-state index in [-0.39, 0.29) is 5.54 Å². The van der Waals surface area contributed by atoms with Crippen LogP contribution in [0.2, 0.25) is 0 Å². The van der Waals surface area contributed by atoms with Crippen molar-refractivity contribution < 1.29 is 4.79 Å². The molecule has 2 heterocycles. The number of hydrogen-bond donors (Lipinski definition) is 2. The summed E-state index contributed by atoms with van der Waals surface area (Å²) < 4.78 is 0. The van der Waals surface area contributed by atoms with Crippen molar-refractivity contribution in [1.29, 1.82) is 0 Å². The fourth-order valence-electron chi connectivity index (χ4n) is 2.48. The molecule has 1 saturated heterocycles. The first kappa shape index (κ1) is 11.2. The standard InChI is InChI=1S/C13H16N4O/c1-13(8-17(9-18)7-6-14-13)12-15-10-4-2-3-5-11(10)16-12/h2-5,9,14H,6-8H2,1H3,(H,15,16). The van der Waals surface area contributed by atoms with E-state index in [1.165, 1.54) is 0 Å². The van der Waals surface area contributed by atoms with Gasteiger partial charge in [-0.25, -0.2) is 4.98 Å². The van der Waals surface area contributed by atoms with Gasteiger partial charge in [0.15, 0.2) is 0 Å². The van der Waals surface area contributed by atoms with E-state index in [2.05, 4.69) is 22.2 Å². The van der Waals surface area contributed by atoms with Crippen LogP contribution in [0.15, 0.2) is 24.3 Å². The number of imidazole rings is 1. The number of rotatable bonds is 2. The molecule has 1 atom stereocenters. The smallest absolute Gasteiger partial charge is 0.209 e. The number of carbonyl (C=O) groups is 1. The summed E-state index contributed by atoms with van der Waals surface area (Å²) in [5, 5.41) is 3.44. The van der Waals surface area contributed by atoms with E-state index in [1.807, 2.05) is 24.3 Å². The number of piperazine rings is 1. The third-order valence-electron chi connectivity index (χ3n) is 3.49. The lowest BCUT2D eigenvalue weighted by atomic mass is 9.98. The second-order valence-electron chi connectivity index (χ2n) is 4.94. The van der Waals surface area contributed by atoms with Crippen molar-refractivity contribution in [2.24, 2.45) is 0 Å². The number of aromatic nitrogens is 2. The Kier molecular flexibility index (Phi) is 2.56. The first-order valence-corrected chi connectivity index (χ1v) is 6.11. The SMILES string of the molecule is CC1(c2nc3ccccc3[nH]2)CN(C=O)CCN1. The fourth-order valence-corrected chi connectivity index (χ4v) is 2.48. The lowest BCUT2D eigenvalue weighted by Crippen LogP contribution is -2.56. The molecule has 0 radical (unpaired) electrons. The molecule has 2 N–H and O–H groups in total. The molecule has 94 valence electrons. The normalized spacial score (nSPS) is 24.4. The summed E-state index contributed by atoms with van der Waals surface area (Å²) in [6.45, 7) is 4.24. The van der Waals surface area contributed by atoms with Gasteiger partial charge in [0.05, 0.1) is 16.6 Å². The van der Waals surface area contributed by atoms with E-state index < -0.39 is 0 Å². The molecule has 5 heteroatoms. The summed E-state index contributed by atoms with van der Waals surface area (Å²) in [7, 11) is 0. The maximum Gasteiger partial charge on any atom is 0.209 e. The molecule has 1 unspecified atom stereocenters. The van der Waals surface area contributed by atoms with Crippen molar-refractivity contribution in [2.45, 2.75) is 12.5 Å². The third kappa shape index (κ3) is 1.76. The van der Waals surface area contributed by atoms with Gasteiger partial charge in [-0.05, 0) is 19.1 Å². The predicted molar refractivity (Wildman–Crippen MR) is 69.1 cm³/mol. The number of carbonyl (C=O) groups excluding carboxylic acids is 1. The number of hydrogen-bond acceptors (Lipinski definition) is 3. The summed E-state index contributed by atoms with van der Waals surface area (Å²) in [5.41, 5.74) is 1.68. The minimum Gasteiger partial charge on any atom is -0.342 e. The number of nitrogens with zero attached hydrogens (tertiary/aromatic N) is 2. The highest BCUT2D eigenvalue weighted by atomic mass is 16.1. The van der Waals surface area contributed by atoms with Crippen LogP contribution in [0.3, 0.4) is 0 Å². The van der Waals surface area contributed by atoms with Crippen molar-refractivity contribution in [2.75, 3.05) is 19.6 Å². The molecular formula is C13H16N4O.